The number of carboxylic acids is 2. The summed E-state index contributed by atoms with van der Waals surface area (Å²) >= 11 is 0. The Morgan fingerprint density at radius 2 is 1.27 bits per heavy atom. The van der Waals surface area contributed by atoms with Gasteiger partial charge in [-0.2, -0.15) is 0 Å². The monoisotopic (exact) mass is 314 g/mol. The summed E-state index contributed by atoms with van der Waals surface area (Å²) in [4.78, 5) is 23.0. The lowest BCUT2D eigenvalue weighted by atomic mass is 9.61. The minimum atomic E-state index is -0.854. The zero-order valence-corrected chi connectivity index (χ0v) is 15.1. The number of aliphatic carboxylic acids is 2. The maximum absolute atomic E-state index is 12.2. The van der Waals surface area contributed by atoms with E-state index in [4.69, 9.17) is 5.11 Å². The summed E-state index contributed by atoms with van der Waals surface area (Å²) in [6.07, 6.45) is 2.60. The summed E-state index contributed by atoms with van der Waals surface area (Å²) in [7, 11) is 0. The zero-order chi connectivity index (χ0) is 17.5. The SMILES string of the molecule is CC(C)CC(C)C(CCCC(=O)O)(C(=O)O)C(C)CC(C)C. The summed E-state index contributed by atoms with van der Waals surface area (Å²) in [5, 5.41) is 18.9. The molecule has 0 aliphatic rings. The van der Waals surface area contributed by atoms with Crippen LogP contribution in [0.15, 0.2) is 0 Å². The van der Waals surface area contributed by atoms with Gasteiger partial charge in [0.2, 0.25) is 0 Å². The van der Waals surface area contributed by atoms with Gasteiger partial charge in [0.25, 0.3) is 0 Å². The van der Waals surface area contributed by atoms with Gasteiger partial charge in [-0.25, -0.2) is 0 Å². The van der Waals surface area contributed by atoms with Crippen molar-refractivity contribution >= 4 is 11.9 Å². The molecule has 0 amide bonds. The number of carboxylic acid groups (broad SMARTS) is 2. The Balaban J connectivity index is 5.42. The van der Waals surface area contributed by atoms with Crippen LogP contribution in [0.2, 0.25) is 0 Å². The third-order valence-electron chi connectivity index (χ3n) is 4.79. The van der Waals surface area contributed by atoms with E-state index < -0.39 is 17.4 Å². The maximum Gasteiger partial charge on any atom is 0.310 e. The average Bonchev–Trinajstić information content (AvgIpc) is 2.31. The molecule has 0 fully saturated rings. The van der Waals surface area contributed by atoms with Crippen LogP contribution in [0, 0.1) is 29.1 Å². The Morgan fingerprint density at radius 3 is 1.55 bits per heavy atom. The molecule has 0 spiro atoms. The molecule has 4 nitrogen and oxygen atoms in total. The lowest BCUT2D eigenvalue weighted by Gasteiger charge is -2.42. The standard InChI is InChI=1S/C18H34O4/c1-12(2)10-14(5)18(17(21)22,9-7-8-16(19)20)15(6)11-13(3)4/h12-15H,7-11H2,1-6H3,(H,19,20)(H,21,22). The van der Waals surface area contributed by atoms with E-state index in [1.54, 1.807) is 0 Å². The Bertz CT molecular complexity index is 344. The van der Waals surface area contributed by atoms with Crippen molar-refractivity contribution in [1.29, 1.82) is 0 Å². The number of carbonyl (C=O) groups is 2. The molecule has 2 atom stereocenters. The summed E-state index contributed by atoms with van der Waals surface area (Å²) < 4.78 is 0. The van der Waals surface area contributed by atoms with Gasteiger partial charge >= 0.3 is 11.9 Å². The highest BCUT2D eigenvalue weighted by atomic mass is 16.4. The summed E-state index contributed by atoms with van der Waals surface area (Å²) in [6.45, 7) is 12.5. The fraction of sp³-hybridized carbons (Fsp3) is 0.889. The van der Waals surface area contributed by atoms with Crippen LogP contribution in [0.25, 0.3) is 0 Å². The van der Waals surface area contributed by atoms with Gasteiger partial charge in [0.05, 0.1) is 5.41 Å². The molecule has 0 aromatic heterocycles. The summed E-state index contributed by atoms with van der Waals surface area (Å²) in [5.74, 6) is -0.689. The predicted octanol–water partition coefficient (Wildman–Crippen LogP) is 4.68. The normalized spacial score (nSPS) is 17.3. The van der Waals surface area contributed by atoms with Crippen molar-refractivity contribution in [3.05, 3.63) is 0 Å². The van der Waals surface area contributed by atoms with Gasteiger partial charge in [-0.1, -0.05) is 41.5 Å². The van der Waals surface area contributed by atoms with E-state index in [-0.39, 0.29) is 18.3 Å². The van der Waals surface area contributed by atoms with Crippen molar-refractivity contribution in [3.8, 4) is 0 Å². The van der Waals surface area contributed by atoms with Crippen LogP contribution in [0.3, 0.4) is 0 Å². The molecule has 2 N–H and O–H groups in total. The highest BCUT2D eigenvalue weighted by Gasteiger charge is 2.47. The van der Waals surface area contributed by atoms with Gasteiger partial charge in [0, 0.05) is 6.42 Å². The summed E-state index contributed by atoms with van der Waals surface area (Å²) in [5.41, 5.74) is -0.829. The third kappa shape index (κ3) is 5.98. The van der Waals surface area contributed by atoms with Crippen LogP contribution < -0.4 is 0 Å². The largest absolute Gasteiger partial charge is 0.481 e. The molecule has 0 bridgehead atoms. The molecule has 130 valence electrons. The molecule has 0 aromatic carbocycles. The smallest absolute Gasteiger partial charge is 0.310 e. The average molecular weight is 314 g/mol. The van der Waals surface area contributed by atoms with Gasteiger partial charge in [-0.3, -0.25) is 9.59 Å². The second kappa shape index (κ2) is 9.16. The van der Waals surface area contributed by atoms with Crippen LogP contribution >= 0.6 is 0 Å². The molecular weight excluding hydrogens is 280 g/mol. The molecule has 0 rings (SSSR count). The highest BCUT2D eigenvalue weighted by molar-refractivity contribution is 5.75. The van der Waals surface area contributed by atoms with E-state index in [0.29, 0.717) is 24.7 Å². The Morgan fingerprint density at radius 1 is 0.864 bits per heavy atom. The fourth-order valence-corrected chi connectivity index (χ4v) is 3.87. The molecular formula is C18H34O4. The van der Waals surface area contributed by atoms with Gasteiger partial charge in [0.1, 0.15) is 0 Å². The van der Waals surface area contributed by atoms with E-state index >= 15 is 0 Å². The Kier molecular flexibility index (Phi) is 8.72. The number of hydrogen-bond donors (Lipinski definition) is 2. The number of rotatable bonds is 11. The van der Waals surface area contributed by atoms with Crippen molar-refractivity contribution in [3.63, 3.8) is 0 Å². The van der Waals surface area contributed by atoms with Crippen LogP contribution in [0.1, 0.15) is 73.6 Å². The second-order valence-corrected chi connectivity index (χ2v) is 7.65. The molecule has 0 aromatic rings. The molecule has 0 heterocycles. The third-order valence-corrected chi connectivity index (χ3v) is 4.79. The van der Waals surface area contributed by atoms with Gasteiger partial charge in [-0.15, -0.1) is 0 Å². The summed E-state index contributed by atoms with van der Waals surface area (Å²) in [6, 6.07) is 0. The number of hydrogen-bond acceptors (Lipinski definition) is 2. The topological polar surface area (TPSA) is 74.6 Å². The first-order valence-electron chi connectivity index (χ1n) is 8.49. The van der Waals surface area contributed by atoms with E-state index in [9.17, 15) is 14.7 Å². The predicted molar refractivity (Wildman–Crippen MR) is 88.8 cm³/mol. The first kappa shape index (κ1) is 20.9. The lowest BCUT2D eigenvalue weighted by molar-refractivity contribution is -0.159. The van der Waals surface area contributed by atoms with E-state index in [2.05, 4.69) is 27.7 Å². The minimum absolute atomic E-state index is 0.0348. The molecule has 4 heteroatoms. The molecule has 0 saturated carbocycles. The maximum atomic E-state index is 12.2. The first-order chi connectivity index (χ1) is 10.0. The van der Waals surface area contributed by atoms with Crippen LogP contribution in [-0.4, -0.2) is 22.2 Å². The fourth-order valence-electron chi connectivity index (χ4n) is 3.87. The van der Waals surface area contributed by atoms with Crippen molar-refractivity contribution in [2.45, 2.75) is 73.6 Å². The van der Waals surface area contributed by atoms with E-state index in [1.165, 1.54) is 0 Å². The molecule has 22 heavy (non-hydrogen) atoms. The van der Waals surface area contributed by atoms with Gasteiger partial charge < -0.3 is 10.2 Å². The minimum Gasteiger partial charge on any atom is -0.481 e. The van der Waals surface area contributed by atoms with Gasteiger partial charge in [0.15, 0.2) is 0 Å². The molecule has 0 aliphatic heterocycles. The molecule has 0 aliphatic carbocycles. The first-order valence-corrected chi connectivity index (χ1v) is 8.49. The van der Waals surface area contributed by atoms with Gasteiger partial charge in [-0.05, 0) is 49.4 Å². The zero-order valence-electron chi connectivity index (χ0n) is 15.1. The van der Waals surface area contributed by atoms with Crippen molar-refractivity contribution < 1.29 is 19.8 Å². The quantitative estimate of drug-likeness (QED) is 0.581. The van der Waals surface area contributed by atoms with Crippen molar-refractivity contribution in [1.82, 2.24) is 0 Å². The van der Waals surface area contributed by atoms with Crippen LogP contribution in [0.5, 0.6) is 0 Å². The van der Waals surface area contributed by atoms with Crippen molar-refractivity contribution in [2.24, 2.45) is 29.1 Å². The van der Waals surface area contributed by atoms with Crippen LogP contribution in [0.4, 0.5) is 0 Å². The van der Waals surface area contributed by atoms with Crippen molar-refractivity contribution in [2.75, 3.05) is 0 Å². The Hall–Kier alpha value is -1.06. The molecule has 0 radical (unpaired) electrons. The molecule has 0 saturated heterocycles. The lowest BCUT2D eigenvalue weighted by Crippen LogP contribution is -2.44. The highest BCUT2D eigenvalue weighted by Crippen LogP contribution is 2.46. The van der Waals surface area contributed by atoms with E-state index in [0.717, 1.165) is 12.8 Å². The van der Waals surface area contributed by atoms with E-state index in [1.807, 2.05) is 13.8 Å². The van der Waals surface area contributed by atoms with Crippen LogP contribution in [-0.2, 0) is 9.59 Å². The molecule has 2 unspecified atom stereocenters. The Labute approximate surface area is 135 Å². The second-order valence-electron chi connectivity index (χ2n) is 7.65.